The molecule has 0 saturated carbocycles. The summed E-state index contributed by atoms with van der Waals surface area (Å²) in [6, 6.07) is 6.10. The Morgan fingerprint density at radius 2 is 2.06 bits per heavy atom. The van der Waals surface area contributed by atoms with Crippen LogP contribution in [0.25, 0.3) is 10.9 Å². The molecule has 0 radical (unpaired) electrons. The van der Waals surface area contributed by atoms with Crippen molar-refractivity contribution in [2.24, 2.45) is 0 Å². The van der Waals surface area contributed by atoms with Crippen molar-refractivity contribution in [1.29, 1.82) is 0 Å². The van der Waals surface area contributed by atoms with Crippen LogP contribution in [0, 0.1) is 0 Å². The molecule has 0 saturated heterocycles. The van der Waals surface area contributed by atoms with Gasteiger partial charge in [0, 0.05) is 29.3 Å². The first-order valence-electron chi connectivity index (χ1n) is 6.82. The highest BCUT2D eigenvalue weighted by molar-refractivity contribution is 5.85. The summed E-state index contributed by atoms with van der Waals surface area (Å²) in [5.74, 6) is 0. The minimum Gasteiger partial charge on any atom is -0.399 e. The highest BCUT2D eigenvalue weighted by Gasteiger charge is 2.06. The molecule has 3 N–H and O–H groups in total. The van der Waals surface area contributed by atoms with Crippen LogP contribution in [0.15, 0.2) is 24.4 Å². The van der Waals surface area contributed by atoms with Gasteiger partial charge in [-0.25, -0.2) is 0 Å². The van der Waals surface area contributed by atoms with Gasteiger partial charge in [0.2, 0.25) is 0 Å². The van der Waals surface area contributed by atoms with Gasteiger partial charge < -0.3 is 15.6 Å². The number of H-pyrrole nitrogens is 1. The molecule has 2 aromatic rings. The quantitative estimate of drug-likeness (QED) is 0.768. The van der Waals surface area contributed by atoms with Crippen LogP contribution in [0.4, 0.5) is 5.69 Å². The van der Waals surface area contributed by atoms with Gasteiger partial charge in [-0.1, -0.05) is 19.9 Å². The molecule has 3 heteroatoms. The summed E-state index contributed by atoms with van der Waals surface area (Å²) in [5.41, 5.74) is 9.14. The average Bonchev–Trinajstić information content (AvgIpc) is 2.76. The molecule has 18 heavy (non-hydrogen) atoms. The molecule has 0 aliphatic heterocycles. The first-order valence-corrected chi connectivity index (χ1v) is 6.82. The number of nitrogen functional groups attached to an aromatic ring is 1. The zero-order valence-corrected chi connectivity index (χ0v) is 11.4. The summed E-state index contributed by atoms with van der Waals surface area (Å²) in [6.07, 6.45) is 4.43. The molecule has 0 bridgehead atoms. The van der Waals surface area contributed by atoms with Gasteiger partial charge in [-0.2, -0.15) is 0 Å². The summed E-state index contributed by atoms with van der Waals surface area (Å²) < 4.78 is 0. The molecule has 1 aromatic carbocycles. The second-order valence-corrected chi connectivity index (χ2v) is 4.80. The van der Waals surface area contributed by atoms with Crippen molar-refractivity contribution in [3.05, 3.63) is 30.0 Å². The molecule has 1 heterocycles. The Kier molecular flexibility index (Phi) is 4.26. The van der Waals surface area contributed by atoms with Crippen molar-refractivity contribution >= 4 is 16.6 Å². The average molecular weight is 245 g/mol. The fourth-order valence-electron chi connectivity index (χ4n) is 2.43. The molecule has 0 spiro atoms. The van der Waals surface area contributed by atoms with Crippen LogP contribution in [0.3, 0.4) is 0 Å². The molecular weight excluding hydrogens is 222 g/mol. The van der Waals surface area contributed by atoms with Gasteiger partial charge in [0.05, 0.1) is 0 Å². The van der Waals surface area contributed by atoms with Gasteiger partial charge in [0.15, 0.2) is 0 Å². The van der Waals surface area contributed by atoms with E-state index in [4.69, 9.17) is 5.73 Å². The molecule has 0 atom stereocenters. The maximum absolute atomic E-state index is 5.79. The second kappa shape index (κ2) is 5.91. The van der Waals surface area contributed by atoms with Crippen LogP contribution < -0.4 is 5.73 Å². The van der Waals surface area contributed by atoms with Gasteiger partial charge in [-0.3, -0.25) is 0 Å². The third kappa shape index (κ3) is 2.85. The molecule has 0 amide bonds. The predicted molar refractivity (Wildman–Crippen MR) is 78.8 cm³/mol. The zero-order chi connectivity index (χ0) is 13.0. The Bertz CT molecular complexity index is 501. The highest BCUT2D eigenvalue weighted by Crippen LogP contribution is 2.21. The maximum atomic E-state index is 5.79. The first-order chi connectivity index (χ1) is 8.74. The lowest BCUT2D eigenvalue weighted by molar-refractivity contribution is 0.293. The Morgan fingerprint density at radius 1 is 1.22 bits per heavy atom. The number of rotatable bonds is 6. The van der Waals surface area contributed by atoms with Gasteiger partial charge in [0.1, 0.15) is 0 Å². The second-order valence-electron chi connectivity index (χ2n) is 4.80. The fourth-order valence-corrected chi connectivity index (χ4v) is 2.43. The van der Waals surface area contributed by atoms with Crippen LogP contribution >= 0.6 is 0 Å². The number of nitrogens with one attached hydrogen (secondary N) is 1. The summed E-state index contributed by atoms with van der Waals surface area (Å²) in [5, 5.41) is 1.30. The Morgan fingerprint density at radius 3 is 2.78 bits per heavy atom. The van der Waals surface area contributed by atoms with E-state index in [1.54, 1.807) is 0 Å². The number of likely N-dealkylation sites (N-methyl/N-ethyl adjacent to an activating group) is 1. The topological polar surface area (TPSA) is 45.0 Å². The fraction of sp³-hybridized carbons (Fsp3) is 0.467. The lowest BCUT2D eigenvalue weighted by Crippen LogP contribution is -2.26. The number of aromatic nitrogens is 1. The van der Waals surface area contributed by atoms with Crippen molar-refractivity contribution in [1.82, 2.24) is 9.88 Å². The molecular formula is C15H23N3. The van der Waals surface area contributed by atoms with E-state index in [2.05, 4.69) is 36.0 Å². The minimum absolute atomic E-state index is 0.817. The summed E-state index contributed by atoms with van der Waals surface area (Å²) in [4.78, 5) is 5.80. The molecule has 3 nitrogen and oxygen atoms in total. The molecule has 0 aliphatic carbocycles. The molecule has 2 rings (SSSR count). The number of nitrogens with zero attached hydrogens (tertiary/aromatic N) is 1. The van der Waals surface area contributed by atoms with Gasteiger partial charge in [-0.05, 0) is 43.6 Å². The van der Waals surface area contributed by atoms with Crippen LogP contribution in [0.5, 0.6) is 0 Å². The molecule has 98 valence electrons. The third-order valence-electron chi connectivity index (χ3n) is 3.48. The van der Waals surface area contributed by atoms with E-state index >= 15 is 0 Å². The van der Waals surface area contributed by atoms with E-state index in [-0.39, 0.29) is 0 Å². The maximum Gasteiger partial charge on any atom is 0.0477 e. The zero-order valence-electron chi connectivity index (χ0n) is 11.4. The number of hydrogen-bond donors (Lipinski definition) is 2. The molecule has 0 unspecified atom stereocenters. The van der Waals surface area contributed by atoms with Crippen LogP contribution in [0.2, 0.25) is 0 Å². The number of aromatic amines is 1. The van der Waals surface area contributed by atoms with Crippen molar-refractivity contribution in [2.45, 2.75) is 26.7 Å². The van der Waals surface area contributed by atoms with Crippen LogP contribution in [0.1, 0.15) is 25.8 Å². The van der Waals surface area contributed by atoms with E-state index in [0.29, 0.717) is 0 Å². The van der Waals surface area contributed by atoms with Gasteiger partial charge >= 0.3 is 0 Å². The van der Waals surface area contributed by atoms with Crippen molar-refractivity contribution < 1.29 is 0 Å². The number of anilines is 1. The minimum atomic E-state index is 0.817. The van der Waals surface area contributed by atoms with E-state index in [1.165, 1.54) is 23.9 Å². The smallest absolute Gasteiger partial charge is 0.0477 e. The number of fused-ring (bicyclic) bond motifs is 1. The summed E-state index contributed by atoms with van der Waals surface area (Å²) in [6.45, 7) is 7.90. The van der Waals surface area contributed by atoms with Crippen molar-refractivity contribution in [3.63, 3.8) is 0 Å². The Balaban J connectivity index is 2.07. The number of nitrogens with two attached hydrogens (primary N) is 1. The summed E-state index contributed by atoms with van der Waals surface area (Å²) in [7, 11) is 0. The molecule has 1 aromatic heterocycles. The number of hydrogen-bond acceptors (Lipinski definition) is 2. The van der Waals surface area contributed by atoms with Gasteiger partial charge in [-0.15, -0.1) is 0 Å². The first kappa shape index (κ1) is 13.0. The van der Waals surface area contributed by atoms with E-state index in [9.17, 15) is 0 Å². The molecule has 0 fully saturated rings. The van der Waals surface area contributed by atoms with Crippen LogP contribution in [-0.4, -0.2) is 29.5 Å². The lowest BCUT2D eigenvalue weighted by Gasteiger charge is -2.18. The lowest BCUT2D eigenvalue weighted by atomic mass is 10.1. The number of benzene rings is 1. The van der Waals surface area contributed by atoms with Crippen molar-refractivity contribution in [3.8, 4) is 0 Å². The largest absolute Gasteiger partial charge is 0.399 e. The Labute approximate surface area is 109 Å². The highest BCUT2D eigenvalue weighted by atomic mass is 15.1. The monoisotopic (exact) mass is 245 g/mol. The SMILES string of the molecule is CCCN(CC)CCc1c[nH]c2cc(N)ccc12. The standard InChI is InChI=1S/C15H23N3/c1-3-8-18(4-2)9-7-12-11-17-15-10-13(16)5-6-14(12)15/h5-6,10-11,17H,3-4,7-9,16H2,1-2H3. The summed E-state index contributed by atoms with van der Waals surface area (Å²) >= 11 is 0. The van der Waals surface area contributed by atoms with Crippen molar-refractivity contribution in [2.75, 3.05) is 25.4 Å². The van der Waals surface area contributed by atoms with Gasteiger partial charge in [0.25, 0.3) is 0 Å². The van der Waals surface area contributed by atoms with Crippen LogP contribution in [-0.2, 0) is 6.42 Å². The molecule has 0 aliphatic rings. The van der Waals surface area contributed by atoms with E-state index < -0.39 is 0 Å². The third-order valence-corrected chi connectivity index (χ3v) is 3.48. The Hall–Kier alpha value is -1.48. The normalized spacial score (nSPS) is 11.5. The predicted octanol–water partition coefficient (Wildman–Crippen LogP) is 3.02. The van der Waals surface area contributed by atoms with E-state index in [0.717, 1.165) is 30.7 Å². The van der Waals surface area contributed by atoms with E-state index in [1.807, 2.05) is 12.1 Å².